The Morgan fingerprint density at radius 3 is 2.11 bits per heavy atom. The van der Waals surface area contributed by atoms with E-state index in [0.29, 0.717) is 0 Å². The molecule has 0 bridgehead atoms. The molecule has 0 aromatic heterocycles. The third-order valence-corrected chi connectivity index (χ3v) is 2.99. The Bertz CT molecular complexity index is 93.0. The van der Waals surface area contributed by atoms with E-state index in [1.54, 1.807) is 0 Å². The molecule has 0 radical (unpaired) electrons. The molecular weight excluding hydrogens is 139 g/mol. The highest BCUT2D eigenvalue weighted by Gasteiger charge is 2.35. The summed E-state index contributed by atoms with van der Waals surface area (Å²) >= 11 is 0. The molecule has 0 aliphatic heterocycles. The van der Waals surface area contributed by atoms with E-state index < -0.39 is 8.89 Å². The fourth-order valence-electron chi connectivity index (χ4n) is 0.422. The summed E-state index contributed by atoms with van der Waals surface area (Å²) in [6, 6.07) is 0.181. The maximum atomic E-state index is 12.9. The molecule has 0 aliphatic carbocycles. The molecule has 0 N–H and O–H groups in total. The van der Waals surface area contributed by atoms with Crippen molar-refractivity contribution in [1.82, 2.24) is 0 Å². The zero-order chi connectivity index (χ0) is 7.33. The molecule has 0 spiro atoms. The number of halogens is 1. The second-order valence-corrected chi connectivity index (χ2v) is 4.11. The van der Waals surface area contributed by atoms with E-state index in [1.165, 1.54) is 20.3 Å². The Hall–Kier alpha value is -0.193. The van der Waals surface area contributed by atoms with Crippen molar-refractivity contribution >= 4 is 8.89 Å². The van der Waals surface area contributed by atoms with E-state index in [2.05, 4.69) is 15.4 Å². The van der Waals surface area contributed by atoms with Gasteiger partial charge in [-0.15, -0.1) is 6.58 Å². The summed E-state index contributed by atoms with van der Waals surface area (Å²) in [4.78, 5) is 0. The van der Waals surface area contributed by atoms with E-state index >= 15 is 0 Å². The van der Waals surface area contributed by atoms with Crippen LogP contribution < -0.4 is 0 Å². The van der Waals surface area contributed by atoms with E-state index in [0.717, 1.165) is 0 Å². The van der Waals surface area contributed by atoms with Crippen molar-refractivity contribution in [1.29, 1.82) is 0 Å². The van der Waals surface area contributed by atoms with Crippen molar-refractivity contribution in [3.05, 3.63) is 12.7 Å². The number of allylic oxidation sites excluding steroid dienone is 1. The van der Waals surface area contributed by atoms with Gasteiger partial charge in [-0.05, 0) is 0 Å². The molecule has 0 aromatic carbocycles. The van der Waals surface area contributed by atoms with E-state index in [1.807, 2.05) is 0 Å². The maximum absolute atomic E-state index is 12.9. The average Bonchev–Trinajstić information content (AvgIpc) is 1.89. The van der Waals surface area contributed by atoms with Crippen LogP contribution in [0.15, 0.2) is 12.7 Å². The molecular formula is C5H11FO2Si. The fourth-order valence-corrected chi connectivity index (χ4v) is 1.27. The van der Waals surface area contributed by atoms with Gasteiger partial charge in [0.15, 0.2) is 0 Å². The van der Waals surface area contributed by atoms with Gasteiger partial charge in [-0.1, -0.05) is 6.08 Å². The largest absolute Gasteiger partial charge is 0.543 e. The average molecular weight is 150 g/mol. The minimum absolute atomic E-state index is 0.181. The minimum atomic E-state index is -3.32. The molecule has 0 aliphatic rings. The Morgan fingerprint density at radius 2 is 2.00 bits per heavy atom. The first kappa shape index (κ1) is 8.81. The normalized spacial score (nSPS) is 11.4. The van der Waals surface area contributed by atoms with Crippen molar-refractivity contribution in [2.24, 2.45) is 0 Å². The van der Waals surface area contributed by atoms with Crippen molar-refractivity contribution in [2.45, 2.75) is 6.04 Å². The molecule has 0 atom stereocenters. The Kier molecular flexibility index (Phi) is 3.68. The first-order valence-corrected chi connectivity index (χ1v) is 4.49. The molecule has 2 nitrogen and oxygen atoms in total. The lowest BCUT2D eigenvalue weighted by Crippen LogP contribution is -2.33. The first-order valence-electron chi connectivity index (χ1n) is 2.58. The highest BCUT2D eigenvalue weighted by atomic mass is 28.4. The molecule has 0 fully saturated rings. The van der Waals surface area contributed by atoms with Gasteiger partial charge in [-0.25, -0.2) is 4.11 Å². The standard InChI is InChI=1S/C5H11FO2Si/c1-4-5-9(6,7-2)8-3/h4H,1,5H2,2-3H3. The monoisotopic (exact) mass is 150 g/mol. The number of rotatable bonds is 4. The van der Waals surface area contributed by atoms with Crippen LogP contribution in [-0.4, -0.2) is 23.1 Å². The lowest BCUT2D eigenvalue weighted by Gasteiger charge is -2.14. The molecule has 4 heteroatoms. The number of hydrogen-bond donors (Lipinski definition) is 0. The second kappa shape index (κ2) is 3.76. The molecule has 0 aromatic rings. The van der Waals surface area contributed by atoms with Crippen LogP contribution in [0.5, 0.6) is 0 Å². The van der Waals surface area contributed by atoms with Crippen LogP contribution >= 0.6 is 0 Å². The molecule has 0 heterocycles. The summed E-state index contributed by atoms with van der Waals surface area (Å²) in [6.07, 6.45) is 1.46. The molecule has 0 amide bonds. The van der Waals surface area contributed by atoms with Gasteiger partial charge in [0, 0.05) is 20.3 Å². The maximum Gasteiger partial charge on any atom is 0.543 e. The SMILES string of the molecule is C=CC[Si](F)(OC)OC. The quantitative estimate of drug-likeness (QED) is 0.342. The predicted molar refractivity (Wildman–Crippen MR) is 35.9 cm³/mol. The van der Waals surface area contributed by atoms with E-state index in [4.69, 9.17) is 0 Å². The molecule has 0 rings (SSSR count). The molecule has 9 heavy (non-hydrogen) atoms. The van der Waals surface area contributed by atoms with Crippen LogP contribution in [0.25, 0.3) is 0 Å². The lowest BCUT2D eigenvalue weighted by atomic mass is 10.8. The predicted octanol–water partition coefficient (Wildman–Crippen LogP) is 1.37. The van der Waals surface area contributed by atoms with Gasteiger partial charge in [-0.2, -0.15) is 0 Å². The van der Waals surface area contributed by atoms with Crippen LogP contribution in [0, 0.1) is 0 Å². The van der Waals surface area contributed by atoms with Gasteiger partial charge in [0.25, 0.3) is 0 Å². The van der Waals surface area contributed by atoms with Crippen molar-refractivity contribution in [3.63, 3.8) is 0 Å². The molecule has 0 saturated heterocycles. The van der Waals surface area contributed by atoms with Crippen molar-refractivity contribution in [2.75, 3.05) is 14.2 Å². The summed E-state index contributed by atoms with van der Waals surface area (Å²) in [7, 11) is -0.706. The van der Waals surface area contributed by atoms with Crippen molar-refractivity contribution in [3.8, 4) is 0 Å². The second-order valence-electron chi connectivity index (χ2n) is 1.56. The summed E-state index contributed by atoms with van der Waals surface area (Å²) in [5.74, 6) is 0. The number of hydrogen-bond acceptors (Lipinski definition) is 2. The topological polar surface area (TPSA) is 18.5 Å². The summed E-state index contributed by atoms with van der Waals surface area (Å²) in [5.41, 5.74) is 0. The van der Waals surface area contributed by atoms with Crippen LogP contribution in [0.1, 0.15) is 0 Å². The highest BCUT2D eigenvalue weighted by molar-refractivity contribution is 6.60. The fraction of sp³-hybridized carbons (Fsp3) is 0.600. The first-order chi connectivity index (χ1) is 4.18. The van der Waals surface area contributed by atoms with Gasteiger partial charge in [0.2, 0.25) is 0 Å². The summed E-state index contributed by atoms with van der Waals surface area (Å²) in [5, 5.41) is 0. The third-order valence-electron chi connectivity index (χ3n) is 0.998. The molecule has 54 valence electrons. The van der Waals surface area contributed by atoms with Crippen molar-refractivity contribution < 1.29 is 13.0 Å². The molecule has 0 unspecified atom stereocenters. The Balaban J connectivity index is 3.75. The minimum Gasteiger partial charge on any atom is -0.374 e. The zero-order valence-corrected chi connectivity index (χ0v) is 6.69. The van der Waals surface area contributed by atoms with Crippen LogP contribution in [0.4, 0.5) is 4.11 Å². The lowest BCUT2D eigenvalue weighted by molar-refractivity contribution is 0.196. The Labute approximate surface area is 55.7 Å². The van der Waals surface area contributed by atoms with Crippen LogP contribution in [0.2, 0.25) is 6.04 Å². The van der Waals surface area contributed by atoms with Gasteiger partial charge in [0.05, 0.1) is 0 Å². The van der Waals surface area contributed by atoms with E-state index in [9.17, 15) is 4.11 Å². The van der Waals surface area contributed by atoms with E-state index in [-0.39, 0.29) is 6.04 Å². The van der Waals surface area contributed by atoms with Gasteiger partial charge < -0.3 is 8.85 Å². The third kappa shape index (κ3) is 2.74. The van der Waals surface area contributed by atoms with Crippen LogP contribution in [0.3, 0.4) is 0 Å². The summed E-state index contributed by atoms with van der Waals surface area (Å²) < 4.78 is 21.9. The highest BCUT2D eigenvalue weighted by Crippen LogP contribution is 2.12. The van der Waals surface area contributed by atoms with Gasteiger partial charge >= 0.3 is 8.89 Å². The smallest absolute Gasteiger partial charge is 0.374 e. The van der Waals surface area contributed by atoms with Gasteiger partial charge in [-0.3, -0.25) is 0 Å². The van der Waals surface area contributed by atoms with Gasteiger partial charge in [0.1, 0.15) is 0 Å². The molecule has 0 saturated carbocycles. The summed E-state index contributed by atoms with van der Waals surface area (Å²) in [6.45, 7) is 3.38. The zero-order valence-electron chi connectivity index (χ0n) is 5.69. The Morgan fingerprint density at radius 1 is 1.56 bits per heavy atom. The van der Waals surface area contributed by atoms with Crippen LogP contribution in [-0.2, 0) is 8.85 Å².